The molecule has 1 atom stereocenters. The Hall–Kier alpha value is -2.80. The molecule has 170 valence electrons. The molecule has 1 aliphatic carbocycles. The van der Waals surface area contributed by atoms with Gasteiger partial charge in [-0.3, -0.25) is 4.79 Å². The van der Waals surface area contributed by atoms with Crippen molar-refractivity contribution in [2.75, 3.05) is 27.3 Å². The first-order valence-electron chi connectivity index (χ1n) is 10.9. The lowest BCUT2D eigenvalue weighted by Gasteiger charge is -2.21. The topological polar surface area (TPSA) is 67.6 Å². The summed E-state index contributed by atoms with van der Waals surface area (Å²) < 4.78 is 12.6. The van der Waals surface area contributed by atoms with Gasteiger partial charge in [0.05, 0.1) is 13.7 Å². The molecule has 0 saturated heterocycles. The number of hydrogen-bond donors (Lipinski definition) is 1. The van der Waals surface area contributed by atoms with Crippen molar-refractivity contribution in [3.05, 3.63) is 52.5 Å². The predicted octanol–water partition coefficient (Wildman–Crippen LogP) is 3.82. The second kappa shape index (κ2) is 10.7. The van der Waals surface area contributed by atoms with Crippen LogP contribution in [0.15, 0.2) is 46.9 Å². The number of benzene rings is 1. The highest BCUT2D eigenvalue weighted by Crippen LogP contribution is 2.35. The van der Waals surface area contributed by atoms with Crippen molar-refractivity contribution in [3.63, 3.8) is 0 Å². The summed E-state index contributed by atoms with van der Waals surface area (Å²) in [5.41, 5.74) is 2.25. The van der Waals surface area contributed by atoms with E-state index in [-0.39, 0.29) is 17.1 Å². The van der Waals surface area contributed by atoms with Gasteiger partial charge in [-0.25, -0.2) is 4.79 Å². The van der Waals surface area contributed by atoms with Gasteiger partial charge in [-0.2, -0.15) is 4.58 Å². The molecule has 0 aromatic heterocycles. The zero-order chi connectivity index (χ0) is 23.3. The van der Waals surface area contributed by atoms with Crippen molar-refractivity contribution in [1.82, 2.24) is 5.32 Å². The van der Waals surface area contributed by atoms with Crippen LogP contribution in [0.1, 0.15) is 32.8 Å². The van der Waals surface area contributed by atoms with Crippen LogP contribution in [-0.4, -0.2) is 54.7 Å². The third-order valence-corrected chi connectivity index (χ3v) is 6.46. The molecule has 1 aromatic rings. The minimum absolute atomic E-state index is 0.0271. The number of amides is 2. The van der Waals surface area contributed by atoms with Crippen molar-refractivity contribution in [1.29, 1.82) is 0 Å². The zero-order valence-corrected chi connectivity index (χ0v) is 20.1. The molecule has 2 aliphatic rings. The predicted molar refractivity (Wildman–Crippen MR) is 129 cm³/mol. The Morgan fingerprint density at radius 1 is 1.31 bits per heavy atom. The second-order valence-corrected chi connectivity index (χ2v) is 9.26. The van der Waals surface area contributed by atoms with Crippen LogP contribution in [0.5, 0.6) is 11.5 Å². The van der Waals surface area contributed by atoms with Gasteiger partial charge in [0.25, 0.3) is 5.91 Å². The Balaban J connectivity index is 1.81. The minimum Gasteiger partial charge on any atom is -0.493 e. The van der Waals surface area contributed by atoms with Gasteiger partial charge in [0.15, 0.2) is 11.5 Å². The number of hydrogen-bond acceptors (Lipinski definition) is 5. The smallest absolute Gasteiger partial charge is 0.425 e. The van der Waals surface area contributed by atoms with E-state index in [0.717, 1.165) is 17.7 Å². The molecule has 1 aromatic carbocycles. The third-order valence-electron chi connectivity index (χ3n) is 5.26. The first-order chi connectivity index (χ1) is 15.3. The molecule has 0 radical (unpaired) electrons. The summed E-state index contributed by atoms with van der Waals surface area (Å²) in [6, 6.07) is 5.62. The average Bonchev–Trinajstić information content (AvgIpc) is 2.77. The Kier molecular flexibility index (Phi) is 7.96. The Morgan fingerprint density at radius 2 is 2.09 bits per heavy atom. The lowest BCUT2D eigenvalue weighted by molar-refractivity contribution is -0.413. The monoisotopic (exact) mass is 455 g/mol. The lowest BCUT2D eigenvalue weighted by atomic mass is 10.0. The molecule has 1 heterocycles. The maximum Gasteiger partial charge on any atom is 0.425 e. The molecule has 0 saturated carbocycles. The molecule has 2 amide bonds. The maximum atomic E-state index is 13.0. The van der Waals surface area contributed by atoms with E-state index in [0.29, 0.717) is 41.0 Å². The summed E-state index contributed by atoms with van der Waals surface area (Å²) in [5.74, 6) is 1.63. The number of nitrogens with one attached hydrogen (secondary N) is 1. The van der Waals surface area contributed by atoms with Gasteiger partial charge in [0.2, 0.25) is 5.71 Å². The van der Waals surface area contributed by atoms with Crippen molar-refractivity contribution in [2.45, 2.75) is 32.4 Å². The largest absolute Gasteiger partial charge is 0.493 e. The molecule has 3 rings (SSSR count). The van der Waals surface area contributed by atoms with E-state index >= 15 is 0 Å². The van der Waals surface area contributed by atoms with E-state index < -0.39 is 0 Å². The lowest BCUT2D eigenvalue weighted by Crippen LogP contribution is -2.37. The number of carbonyl (C=O) groups excluding carboxylic acids is 2. The van der Waals surface area contributed by atoms with Crippen LogP contribution in [-0.2, 0) is 9.59 Å². The van der Waals surface area contributed by atoms with Crippen LogP contribution < -0.4 is 14.8 Å². The summed E-state index contributed by atoms with van der Waals surface area (Å²) in [4.78, 5) is 26.2. The van der Waals surface area contributed by atoms with Gasteiger partial charge in [-0.15, -0.1) is 0 Å². The standard InChI is InChI=1S/C25H30N2O4S/c1-6-31-20-9-7-17(13-21(20)30-5)14-23-25(29)27(4)19-15-18(8-10-22(19)32-23)24(28)26-12-11-16(2)3/h7-10,13-16,22H,6,11-12H2,1-5H3/p+1/b23-14+. The number of methoxy groups -OCH3 is 1. The van der Waals surface area contributed by atoms with E-state index in [2.05, 4.69) is 19.2 Å². The number of likely N-dealkylation sites (N-methyl/N-ethyl adjacent to an activating group) is 1. The quantitative estimate of drug-likeness (QED) is 0.477. The van der Waals surface area contributed by atoms with Gasteiger partial charge < -0.3 is 14.8 Å². The Morgan fingerprint density at radius 3 is 2.78 bits per heavy atom. The summed E-state index contributed by atoms with van der Waals surface area (Å²) >= 11 is 1.48. The van der Waals surface area contributed by atoms with Crippen molar-refractivity contribution in [2.24, 2.45) is 5.92 Å². The SMILES string of the molecule is CCOc1ccc(/C=C2/SC3C=CC(C(=O)NCCC(C)C)=CC3=[N+](C)C2=O)cc1OC. The van der Waals surface area contributed by atoms with Gasteiger partial charge in [-0.1, -0.05) is 43.8 Å². The molecule has 0 spiro atoms. The highest BCUT2D eigenvalue weighted by Gasteiger charge is 2.38. The van der Waals surface area contributed by atoms with Crippen LogP contribution in [0.3, 0.4) is 0 Å². The van der Waals surface area contributed by atoms with Gasteiger partial charge >= 0.3 is 5.91 Å². The molecule has 1 N–H and O–H groups in total. The number of rotatable bonds is 8. The molecular weight excluding hydrogens is 424 g/mol. The number of fused-ring (bicyclic) bond motifs is 1. The first kappa shape index (κ1) is 23.9. The van der Waals surface area contributed by atoms with Gasteiger partial charge in [0.1, 0.15) is 17.2 Å². The number of allylic oxidation sites excluding steroid dienone is 1. The molecule has 32 heavy (non-hydrogen) atoms. The fourth-order valence-corrected chi connectivity index (χ4v) is 4.67. The van der Waals surface area contributed by atoms with Crippen molar-refractivity contribution in [3.8, 4) is 11.5 Å². The number of ether oxygens (including phenoxy) is 2. The van der Waals surface area contributed by atoms with Crippen LogP contribution in [0, 0.1) is 5.92 Å². The average molecular weight is 456 g/mol. The summed E-state index contributed by atoms with van der Waals surface area (Å²) in [5, 5.41) is 2.93. The van der Waals surface area contributed by atoms with Crippen LogP contribution in [0.4, 0.5) is 0 Å². The summed E-state index contributed by atoms with van der Waals surface area (Å²) in [7, 11) is 3.35. The van der Waals surface area contributed by atoms with E-state index in [1.807, 2.05) is 49.4 Å². The van der Waals surface area contributed by atoms with Crippen LogP contribution >= 0.6 is 11.8 Å². The summed E-state index contributed by atoms with van der Waals surface area (Å²) in [6.45, 7) is 7.36. The first-order valence-corrected chi connectivity index (χ1v) is 11.7. The molecule has 7 heteroatoms. The Bertz CT molecular complexity index is 1020. The fourth-order valence-electron chi connectivity index (χ4n) is 3.45. The van der Waals surface area contributed by atoms with E-state index in [1.54, 1.807) is 18.7 Å². The molecule has 0 fully saturated rings. The molecule has 6 nitrogen and oxygen atoms in total. The van der Waals surface area contributed by atoms with Crippen molar-refractivity contribution < 1.29 is 23.6 Å². The molecule has 0 bridgehead atoms. The highest BCUT2D eigenvalue weighted by molar-refractivity contribution is 8.05. The molecular formula is C25H31N2O4S+. The van der Waals surface area contributed by atoms with Crippen LogP contribution in [0.2, 0.25) is 0 Å². The molecule has 1 aliphatic heterocycles. The third kappa shape index (κ3) is 5.51. The van der Waals surface area contributed by atoms with E-state index in [9.17, 15) is 9.59 Å². The number of carbonyl (C=O) groups is 2. The van der Waals surface area contributed by atoms with E-state index in [1.165, 1.54) is 11.8 Å². The molecule has 1 unspecified atom stereocenters. The van der Waals surface area contributed by atoms with Crippen LogP contribution in [0.25, 0.3) is 6.08 Å². The normalized spacial score (nSPS) is 19.2. The van der Waals surface area contributed by atoms with Gasteiger partial charge in [0, 0.05) is 18.2 Å². The number of thioether (sulfide) groups is 1. The summed E-state index contributed by atoms with van der Waals surface area (Å²) in [6.07, 6.45) is 8.43. The highest BCUT2D eigenvalue weighted by atomic mass is 32.2. The van der Waals surface area contributed by atoms with Crippen molar-refractivity contribution >= 4 is 35.4 Å². The fraction of sp³-hybridized carbons (Fsp3) is 0.400. The van der Waals surface area contributed by atoms with E-state index in [4.69, 9.17) is 9.47 Å². The maximum absolute atomic E-state index is 13.0. The number of nitrogens with zero attached hydrogens (tertiary/aromatic N) is 1. The minimum atomic E-state index is -0.110. The van der Waals surface area contributed by atoms with Gasteiger partial charge in [-0.05, 0) is 43.0 Å². The zero-order valence-electron chi connectivity index (χ0n) is 19.3. The second-order valence-electron chi connectivity index (χ2n) is 8.08. The Labute approximate surface area is 194 Å².